The molecule has 0 heterocycles. The van der Waals surface area contributed by atoms with Gasteiger partial charge < -0.3 is 11.0 Å². The molecular formula is O6Si2Ti. The molecule has 0 radical (unpaired) electrons. The van der Waals surface area contributed by atoms with Crippen molar-refractivity contribution in [1.82, 2.24) is 0 Å². The zero-order chi connectivity index (χ0) is 5.41. The van der Waals surface area contributed by atoms with Gasteiger partial charge >= 0.3 is 40.3 Å². The van der Waals surface area contributed by atoms with Crippen LogP contribution in [0.5, 0.6) is 0 Å². The molecule has 0 unspecified atom stereocenters. The Labute approximate surface area is 69.4 Å². The molecule has 0 saturated heterocycles. The van der Waals surface area contributed by atoms with Crippen LogP contribution in [0.3, 0.4) is 0 Å². The van der Waals surface area contributed by atoms with Crippen molar-refractivity contribution in [3.63, 3.8) is 0 Å². The third-order valence-electron chi connectivity index (χ3n) is 0. The molecule has 0 N–H and O–H groups in total. The normalized spacial score (nSPS) is 1.78. The molecule has 9 heteroatoms. The number of hydrogen-bond donors (Lipinski definition) is 0. The van der Waals surface area contributed by atoms with E-state index in [1.165, 1.54) is 0 Å². The van der Waals surface area contributed by atoms with Crippen molar-refractivity contribution in [1.29, 1.82) is 0 Å². The van der Waals surface area contributed by atoms with Crippen molar-refractivity contribution in [2.24, 2.45) is 0 Å². The predicted molar refractivity (Wildman–Crippen MR) is 15.6 cm³/mol. The maximum atomic E-state index is 8.40. The van der Waals surface area contributed by atoms with Crippen LogP contribution in [-0.4, -0.2) is 18.6 Å². The first-order valence-corrected chi connectivity index (χ1v) is 2.45. The first-order valence-electron chi connectivity index (χ1n) is 0.816. The molecule has 0 saturated carbocycles. The second-order valence-corrected chi connectivity index (χ2v) is 0.500. The van der Waals surface area contributed by atoms with Crippen LogP contribution in [0.1, 0.15) is 0 Å². The standard InChI is InChI=1S/2O2Si.2O.Ti/c2*1-3-2;;;/q;;2*-2;+4. The Bertz CT molecular complexity index is 65.1. The summed E-state index contributed by atoms with van der Waals surface area (Å²) in [5.74, 6) is 0. The monoisotopic (exact) mass is 200 g/mol. The molecule has 0 bridgehead atoms. The third kappa shape index (κ3) is 4520. The van der Waals surface area contributed by atoms with E-state index in [9.17, 15) is 0 Å². The van der Waals surface area contributed by atoms with Crippen molar-refractivity contribution >= 4 is 18.6 Å². The average Bonchev–Trinajstić information content (AvgIpc) is 1.39. The Morgan fingerprint density at radius 1 is 0.667 bits per heavy atom. The van der Waals surface area contributed by atoms with Crippen molar-refractivity contribution in [3.05, 3.63) is 0 Å². The smallest absolute Gasteiger partial charge is 2.00 e. The number of rotatable bonds is 0. The first-order chi connectivity index (χ1) is 2.83. The second-order valence-electron chi connectivity index (χ2n) is 0.167. The van der Waals surface area contributed by atoms with Gasteiger partial charge in [0.15, 0.2) is 0 Å². The van der Waals surface area contributed by atoms with Crippen LogP contribution < -0.4 is 0 Å². The topological polar surface area (TPSA) is 125 Å². The van der Waals surface area contributed by atoms with Crippen LogP contribution in [0.4, 0.5) is 0 Å². The fourth-order valence-electron chi connectivity index (χ4n) is 0. The number of hydrogen-bond acceptors (Lipinski definition) is 4. The van der Waals surface area contributed by atoms with E-state index in [4.69, 9.17) is 17.8 Å². The molecule has 0 fully saturated rings. The van der Waals surface area contributed by atoms with Gasteiger partial charge in [0.25, 0.3) is 0 Å². The zero-order valence-corrected chi connectivity index (χ0v) is 7.51. The van der Waals surface area contributed by atoms with Crippen molar-refractivity contribution in [2.45, 2.75) is 0 Å². The van der Waals surface area contributed by atoms with Crippen LogP contribution in [0, 0.1) is 0 Å². The molecule has 0 atom stereocenters. The summed E-state index contributed by atoms with van der Waals surface area (Å²) in [5, 5.41) is 0. The van der Waals surface area contributed by atoms with Gasteiger partial charge in [-0.1, -0.05) is 0 Å². The minimum absolute atomic E-state index is 0. The largest absolute Gasteiger partial charge is 4.00 e. The van der Waals surface area contributed by atoms with Crippen molar-refractivity contribution in [3.8, 4) is 0 Å². The fraction of sp³-hybridized carbons (Fsp3) is 0. The van der Waals surface area contributed by atoms with Gasteiger partial charge in [0.2, 0.25) is 0 Å². The van der Waals surface area contributed by atoms with Gasteiger partial charge in [0, 0.05) is 0 Å². The summed E-state index contributed by atoms with van der Waals surface area (Å²) in [4.78, 5) is 0. The van der Waals surface area contributed by atoms with Crippen LogP contribution in [0.25, 0.3) is 0 Å². The summed E-state index contributed by atoms with van der Waals surface area (Å²) in [6, 6.07) is 0. The maximum Gasteiger partial charge on any atom is 4.00 e. The second kappa shape index (κ2) is 84.9. The third-order valence-corrected chi connectivity index (χ3v) is 0. The minimum Gasteiger partial charge on any atom is -2.00 e. The van der Waals surface area contributed by atoms with Crippen LogP contribution in [-0.2, 0) is 50.5 Å². The molecule has 0 amide bonds. The average molecular weight is 200 g/mol. The summed E-state index contributed by atoms with van der Waals surface area (Å²) >= 11 is 0. The Morgan fingerprint density at radius 3 is 0.667 bits per heavy atom. The molecule has 0 aliphatic heterocycles. The van der Waals surface area contributed by atoms with Gasteiger partial charge in [0.1, 0.15) is 0 Å². The van der Waals surface area contributed by atoms with Crippen molar-refractivity contribution in [2.75, 3.05) is 0 Å². The molecule has 0 aromatic heterocycles. The molecule has 0 rings (SSSR count). The Hall–Kier alpha value is 0.268. The summed E-state index contributed by atoms with van der Waals surface area (Å²) < 4.78 is 33.6. The Balaban J connectivity index is -0.00000000889. The molecule has 9 heavy (non-hydrogen) atoms. The van der Waals surface area contributed by atoms with E-state index < -0.39 is 18.6 Å². The quantitative estimate of drug-likeness (QED) is 0.442. The van der Waals surface area contributed by atoms with Gasteiger partial charge in [-0.15, -0.1) is 0 Å². The van der Waals surface area contributed by atoms with Gasteiger partial charge in [-0.2, -0.15) is 0 Å². The first kappa shape index (κ1) is 34.8. The van der Waals surface area contributed by atoms with E-state index in [0.717, 1.165) is 0 Å². The van der Waals surface area contributed by atoms with E-state index in [0.29, 0.717) is 0 Å². The SMILES string of the molecule is O=[Si]=O.O=[Si]=O.[O-2].[O-2].[Ti+4]. The maximum absolute atomic E-state index is 8.40. The van der Waals surface area contributed by atoms with E-state index in [1.807, 2.05) is 0 Å². The predicted octanol–water partition coefficient (Wildman–Crippen LogP) is -1.48. The summed E-state index contributed by atoms with van der Waals surface area (Å²) in [6.07, 6.45) is 0. The summed E-state index contributed by atoms with van der Waals surface area (Å²) in [6.45, 7) is 0. The molecule has 0 aromatic rings. The molecule has 0 aliphatic carbocycles. The van der Waals surface area contributed by atoms with E-state index in [1.54, 1.807) is 0 Å². The zero-order valence-electron chi connectivity index (χ0n) is 3.95. The Morgan fingerprint density at radius 2 is 0.667 bits per heavy atom. The van der Waals surface area contributed by atoms with Crippen LogP contribution >= 0.6 is 0 Å². The van der Waals surface area contributed by atoms with Gasteiger partial charge in [0.05, 0.1) is 0 Å². The molecule has 0 spiro atoms. The molecule has 48 valence electrons. The van der Waals surface area contributed by atoms with Crippen molar-refractivity contribution < 1.29 is 50.5 Å². The van der Waals surface area contributed by atoms with E-state index in [-0.39, 0.29) is 32.7 Å². The van der Waals surface area contributed by atoms with E-state index in [2.05, 4.69) is 0 Å². The summed E-state index contributed by atoms with van der Waals surface area (Å²) in [7, 11) is -2.83. The molecule has 0 aliphatic rings. The molecule has 6 nitrogen and oxygen atoms in total. The van der Waals surface area contributed by atoms with Crippen LogP contribution in [0.2, 0.25) is 0 Å². The fourth-order valence-corrected chi connectivity index (χ4v) is 0. The van der Waals surface area contributed by atoms with Gasteiger partial charge in [-0.3, -0.25) is 17.8 Å². The Kier molecular flexibility index (Phi) is 328. The molecule has 0 aromatic carbocycles. The van der Waals surface area contributed by atoms with Crippen LogP contribution in [0.15, 0.2) is 0 Å². The molecular weight excluding hydrogens is 200 g/mol. The minimum atomic E-state index is -1.42. The van der Waals surface area contributed by atoms with Gasteiger partial charge in [-0.25, -0.2) is 0 Å². The van der Waals surface area contributed by atoms with Gasteiger partial charge in [-0.05, 0) is 0 Å². The summed E-state index contributed by atoms with van der Waals surface area (Å²) in [5.41, 5.74) is 0. The van der Waals surface area contributed by atoms with E-state index >= 15 is 0 Å².